The number of benzene rings is 2. The van der Waals surface area contributed by atoms with Gasteiger partial charge in [0.1, 0.15) is 0 Å². The number of carbonyl (C=O) groups excluding carboxylic acids is 3. The Hall–Kier alpha value is -4.45. The van der Waals surface area contributed by atoms with Gasteiger partial charge in [0.15, 0.2) is 29.6 Å². The van der Waals surface area contributed by atoms with Crippen molar-refractivity contribution >= 4 is 35.7 Å². The molecule has 3 N–H and O–H groups in total. The number of hydrogen-bond donors (Lipinski definition) is 3. The Bertz CT molecular complexity index is 1360. The average molecular weight is 589 g/mol. The molecule has 1 aliphatic rings. The number of carbonyl (C=O) groups is 3. The summed E-state index contributed by atoms with van der Waals surface area (Å²) in [4.78, 5) is 37.1. The van der Waals surface area contributed by atoms with Crippen LogP contribution in [-0.2, 0) is 14.3 Å². The topological polar surface area (TPSA) is 146 Å². The zero-order chi connectivity index (χ0) is 30.1. The summed E-state index contributed by atoms with van der Waals surface area (Å²) >= 11 is 6.32. The van der Waals surface area contributed by atoms with Crippen LogP contribution in [0.4, 0.5) is 4.79 Å². The van der Waals surface area contributed by atoms with Gasteiger partial charge in [0.2, 0.25) is 0 Å². The third-order valence-corrected chi connectivity index (χ3v) is 5.93. The molecule has 0 bridgehead atoms. The summed E-state index contributed by atoms with van der Waals surface area (Å²) < 4.78 is 27.3. The summed E-state index contributed by atoms with van der Waals surface area (Å²) in [7, 11) is 2.93. The summed E-state index contributed by atoms with van der Waals surface area (Å²) in [5.41, 5.74) is 4.17. The minimum atomic E-state index is -0.776. The van der Waals surface area contributed by atoms with E-state index in [1.165, 1.54) is 20.4 Å². The van der Waals surface area contributed by atoms with Crippen LogP contribution in [0.25, 0.3) is 0 Å². The number of halogens is 1. The van der Waals surface area contributed by atoms with Gasteiger partial charge in [0, 0.05) is 5.70 Å². The molecular weight excluding hydrogens is 556 g/mol. The van der Waals surface area contributed by atoms with E-state index in [0.29, 0.717) is 33.3 Å². The summed E-state index contributed by atoms with van der Waals surface area (Å²) in [5.74, 6) is 0.328. The lowest BCUT2D eigenvalue weighted by molar-refractivity contribution is -0.139. The minimum Gasteiger partial charge on any atom is -0.493 e. The van der Waals surface area contributed by atoms with Gasteiger partial charge in [0.05, 0.1) is 49.8 Å². The molecule has 12 nitrogen and oxygen atoms in total. The Kier molecular flexibility index (Phi) is 10.8. The van der Waals surface area contributed by atoms with E-state index in [4.69, 9.17) is 35.3 Å². The van der Waals surface area contributed by atoms with Gasteiger partial charge < -0.3 is 34.3 Å². The van der Waals surface area contributed by atoms with Crippen LogP contribution in [0.2, 0.25) is 5.02 Å². The van der Waals surface area contributed by atoms with Crippen molar-refractivity contribution in [2.75, 3.05) is 27.4 Å². The first kappa shape index (κ1) is 31.1. The predicted octanol–water partition coefficient (Wildman–Crippen LogP) is 3.86. The maximum absolute atomic E-state index is 12.6. The Balaban J connectivity index is 1.67. The molecule has 0 saturated carbocycles. The summed E-state index contributed by atoms with van der Waals surface area (Å²) in [6.07, 6.45) is 1.31. The van der Waals surface area contributed by atoms with Crippen LogP contribution in [0, 0.1) is 0 Å². The maximum atomic E-state index is 12.6. The molecule has 0 fully saturated rings. The zero-order valence-corrected chi connectivity index (χ0v) is 24.4. The highest BCUT2D eigenvalue weighted by atomic mass is 35.5. The summed E-state index contributed by atoms with van der Waals surface area (Å²) in [5, 5.41) is 9.60. The van der Waals surface area contributed by atoms with Crippen LogP contribution in [0.5, 0.6) is 23.0 Å². The maximum Gasteiger partial charge on any atom is 0.338 e. The van der Waals surface area contributed by atoms with Crippen molar-refractivity contribution in [2.24, 2.45) is 5.10 Å². The molecule has 1 atom stereocenters. The molecule has 41 heavy (non-hydrogen) atoms. The van der Waals surface area contributed by atoms with E-state index in [1.807, 2.05) is 13.8 Å². The molecule has 220 valence electrons. The predicted molar refractivity (Wildman–Crippen MR) is 152 cm³/mol. The molecule has 1 aliphatic heterocycles. The van der Waals surface area contributed by atoms with Gasteiger partial charge >= 0.3 is 12.0 Å². The first-order valence-electron chi connectivity index (χ1n) is 12.7. The van der Waals surface area contributed by atoms with Crippen LogP contribution in [0.3, 0.4) is 0 Å². The number of ether oxygens (including phenoxy) is 5. The van der Waals surface area contributed by atoms with Crippen LogP contribution < -0.4 is 35.0 Å². The summed E-state index contributed by atoms with van der Waals surface area (Å²) in [6, 6.07) is 6.91. The Labute approximate surface area is 243 Å². The molecule has 0 saturated heterocycles. The van der Waals surface area contributed by atoms with E-state index in [2.05, 4.69) is 21.2 Å². The van der Waals surface area contributed by atoms with E-state index >= 15 is 0 Å². The molecule has 0 aliphatic carbocycles. The average Bonchev–Trinajstić information content (AvgIpc) is 2.92. The van der Waals surface area contributed by atoms with Crippen molar-refractivity contribution in [1.29, 1.82) is 0 Å². The zero-order valence-electron chi connectivity index (χ0n) is 23.6. The fraction of sp³-hybridized carbons (Fsp3) is 0.357. The number of nitrogens with zero attached hydrogens (tertiary/aromatic N) is 1. The normalized spacial score (nSPS) is 14.8. The lowest BCUT2D eigenvalue weighted by atomic mass is 9.95. The van der Waals surface area contributed by atoms with Crippen LogP contribution in [0.1, 0.15) is 44.9 Å². The first-order valence-corrected chi connectivity index (χ1v) is 13.1. The number of rotatable bonds is 12. The van der Waals surface area contributed by atoms with Gasteiger partial charge in [-0.1, -0.05) is 17.7 Å². The van der Waals surface area contributed by atoms with Crippen LogP contribution >= 0.6 is 11.6 Å². The number of methoxy groups -OCH3 is 2. The lowest BCUT2D eigenvalue weighted by Gasteiger charge is -2.28. The van der Waals surface area contributed by atoms with Crippen molar-refractivity contribution in [3.63, 3.8) is 0 Å². The highest BCUT2D eigenvalue weighted by Crippen LogP contribution is 2.37. The molecule has 0 unspecified atom stereocenters. The molecule has 0 aromatic heterocycles. The van der Waals surface area contributed by atoms with Crippen LogP contribution in [0.15, 0.2) is 46.7 Å². The van der Waals surface area contributed by atoms with E-state index in [9.17, 15) is 14.4 Å². The smallest absolute Gasteiger partial charge is 0.338 e. The molecular formula is C28H33ClN4O8. The van der Waals surface area contributed by atoms with Crippen molar-refractivity contribution in [3.8, 4) is 23.0 Å². The standard InChI is InChI=1S/C28H33ClN4O8/c1-7-39-27(35)24-16(4)31-28(36)32-25(24)18-8-9-20(21(12-18)37-5)40-14-23(34)33-30-13-17-10-19(29)26(41-15(2)3)22(11-17)38-6/h8-13,15,25H,7,14H2,1-6H3,(H,33,34)(H2,31,32,36)/b30-13+/t25-/m1/s1. The first-order chi connectivity index (χ1) is 19.6. The van der Waals surface area contributed by atoms with Crippen molar-refractivity contribution in [2.45, 2.75) is 39.8 Å². The Morgan fingerprint density at radius 3 is 2.51 bits per heavy atom. The quantitative estimate of drug-likeness (QED) is 0.192. The highest BCUT2D eigenvalue weighted by Gasteiger charge is 2.32. The van der Waals surface area contributed by atoms with E-state index in [0.717, 1.165) is 0 Å². The largest absolute Gasteiger partial charge is 0.493 e. The molecule has 13 heteroatoms. The lowest BCUT2D eigenvalue weighted by Crippen LogP contribution is -2.45. The molecule has 2 aromatic rings. The second-order valence-electron chi connectivity index (χ2n) is 8.98. The fourth-order valence-corrected chi connectivity index (χ4v) is 4.19. The van der Waals surface area contributed by atoms with Gasteiger partial charge in [-0.05, 0) is 63.1 Å². The van der Waals surface area contributed by atoms with Crippen molar-refractivity contribution in [1.82, 2.24) is 16.1 Å². The van der Waals surface area contributed by atoms with Crippen molar-refractivity contribution < 1.29 is 38.1 Å². The molecule has 1 heterocycles. The Morgan fingerprint density at radius 2 is 1.85 bits per heavy atom. The number of esters is 1. The number of hydrazone groups is 1. The SMILES string of the molecule is CCOC(=O)C1=C(C)NC(=O)N[C@@H]1c1ccc(OCC(=O)N/N=C/c2cc(Cl)c(OC(C)C)c(OC)c2)c(OC)c1. The molecule has 0 radical (unpaired) electrons. The second-order valence-corrected chi connectivity index (χ2v) is 9.39. The van der Waals surface area contributed by atoms with Gasteiger partial charge in [-0.3, -0.25) is 4.79 Å². The Morgan fingerprint density at radius 1 is 1.12 bits per heavy atom. The third kappa shape index (κ3) is 8.04. The number of hydrogen-bond acceptors (Lipinski definition) is 9. The summed E-state index contributed by atoms with van der Waals surface area (Å²) in [6.45, 7) is 6.88. The number of amides is 3. The van der Waals surface area contributed by atoms with E-state index in [1.54, 1.807) is 44.2 Å². The fourth-order valence-electron chi connectivity index (χ4n) is 3.93. The molecule has 2 aromatic carbocycles. The van der Waals surface area contributed by atoms with Gasteiger partial charge in [0.25, 0.3) is 5.91 Å². The van der Waals surface area contributed by atoms with Gasteiger partial charge in [-0.2, -0.15) is 5.10 Å². The molecule has 3 rings (SSSR count). The monoisotopic (exact) mass is 588 g/mol. The minimum absolute atomic E-state index is 0.0939. The number of allylic oxidation sites excluding steroid dienone is 1. The van der Waals surface area contributed by atoms with E-state index < -0.39 is 23.9 Å². The molecule has 3 amide bonds. The number of nitrogens with one attached hydrogen (secondary N) is 3. The third-order valence-electron chi connectivity index (χ3n) is 5.65. The highest BCUT2D eigenvalue weighted by molar-refractivity contribution is 6.32. The van der Waals surface area contributed by atoms with E-state index in [-0.39, 0.29) is 36.4 Å². The van der Waals surface area contributed by atoms with Crippen molar-refractivity contribution in [3.05, 3.63) is 57.8 Å². The van der Waals surface area contributed by atoms with Gasteiger partial charge in [-0.15, -0.1) is 0 Å². The second kappa shape index (κ2) is 14.3. The van der Waals surface area contributed by atoms with Crippen LogP contribution in [-0.4, -0.2) is 57.7 Å². The molecule has 0 spiro atoms. The number of urea groups is 1. The van der Waals surface area contributed by atoms with Gasteiger partial charge in [-0.25, -0.2) is 15.0 Å².